The molecule has 0 aliphatic rings. The zero-order chi connectivity index (χ0) is 19.5. The molecule has 6 nitrogen and oxygen atoms in total. The number of benzene rings is 2. The van der Waals surface area contributed by atoms with Gasteiger partial charge < -0.3 is 14.6 Å². The summed E-state index contributed by atoms with van der Waals surface area (Å²) in [4.78, 5) is 8.79. The Morgan fingerprint density at radius 2 is 1.93 bits per heavy atom. The topological polar surface area (TPSA) is 73.1 Å². The Labute approximate surface area is 163 Å². The highest BCUT2D eigenvalue weighted by Crippen LogP contribution is 2.31. The van der Waals surface area contributed by atoms with E-state index < -0.39 is 0 Å². The first-order chi connectivity index (χ1) is 13.6. The minimum absolute atomic E-state index is 0.0895. The van der Waals surface area contributed by atoms with Gasteiger partial charge in [0.25, 0.3) is 5.89 Å². The normalized spacial score (nSPS) is 11.1. The number of nitrogens with one attached hydrogen (secondary N) is 1. The van der Waals surface area contributed by atoms with Crippen LogP contribution in [0, 0.1) is 6.92 Å². The second-order valence-corrected chi connectivity index (χ2v) is 6.83. The second kappa shape index (κ2) is 7.68. The van der Waals surface area contributed by atoms with Crippen LogP contribution in [0.1, 0.15) is 25.2 Å². The molecule has 142 valence electrons. The summed E-state index contributed by atoms with van der Waals surface area (Å²) >= 11 is 0. The van der Waals surface area contributed by atoms with Gasteiger partial charge in [0, 0.05) is 18.3 Å². The van der Waals surface area contributed by atoms with E-state index in [4.69, 9.17) is 9.26 Å². The summed E-state index contributed by atoms with van der Waals surface area (Å²) in [5.41, 5.74) is 1.86. The van der Waals surface area contributed by atoms with Crippen LogP contribution in [-0.2, 0) is 6.54 Å². The zero-order valence-electron chi connectivity index (χ0n) is 16.1. The summed E-state index contributed by atoms with van der Waals surface area (Å²) in [7, 11) is 0. The SMILES string of the molecule is Cc1noc(-c2cccnc2NCc2c(OC(C)C)ccc3ccccc23)n1. The van der Waals surface area contributed by atoms with Gasteiger partial charge in [-0.3, -0.25) is 0 Å². The predicted molar refractivity (Wildman–Crippen MR) is 109 cm³/mol. The van der Waals surface area contributed by atoms with Gasteiger partial charge in [-0.25, -0.2) is 4.98 Å². The van der Waals surface area contributed by atoms with E-state index in [0.29, 0.717) is 24.1 Å². The Hall–Kier alpha value is -3.41. The number of ether oxygens (including phenoxy) is 1. The van der Waals surface area contributed by atoms with E-state index in [1.165, 1.54) is 5.39 Å². The van der Waals surface area contributed by atoms with Crippen molar-refractivity contribution in [3.05, 3.63) is 66.1 Å². The molecule has 28 heavy (non-hydrogen) atoms. The minimum Gasteiger partial charge on any atom is -0.491 e. The number of hydrogen-bond donors (Lipinski definition) is 1. The van der Waals surface area contributed by atoms with Crippen LogP contribution in [0.3, 0.4) is 0 Å². The van der Waals surface area contributed by atoms with Crippen LogP contribution in [0.25, 0.3) is 22.2 Å². The largest absolute Gasteiger partial charge is 0.491 e. The highest BCUT2D eigenvalue weighted by Gasteiger charge is 2.15. The fraction of sp³-hybridized carbons (Fsp3) is 0.227. The van der Waals surface area contributed by atoms with Crippen LogP contribution in [0.2, 0.25) is 0 Å². The molecule has 0 bridgehead atoms. The van der Waals surface area contributed by atoms with Crippen LogP contribution < -0.4 is 10.1 Å². The zero-order valence-corrected chi connectivity index (χ0v) is 16.1. The summed E-state index contributed by atoms with van der Waals surface area (Å²) < 4.78 is 11.4. The molecule has 0 saturated heterocycles. The number of hydrogen-bond acceptors (Lipinski definition) is 6. The third kappa shape index (κ3) is 3.67. The molecule has 6 heteroatoms. The smallest absolute Gasteiger partial charge is 0.261 e. The number of aryl methyl sites for hydroxylation is 1. The molecule has 0 saturated carbocycles. The molecule has 4 rings (SSSR count). The number of aromatic nitrogens is 3. The summed E-state index contributed by atoms with van der Waals surface area (Å²) in [5.74, 6) is 2.60. The van der Waals surface area contributed by atoms with Crippen molar-refractivity contribution in [2.75, 3.05) is 5.32 Å². The molecule has 0 spiro atoms. The Kier molecular flexibility index (Phi) is 4.93. The van der Waals surface area contributed by atoms with E-state index in [2.05, 4.69) is 38.6 Å². The van der Waals surface area contributed by atoms with E-state index in [-0.39, 0.29) is 6.10 Å². The number of fused-ring (bicyclic) bond motifs is 1. The van der Waals surface area contributed by atoms with Gasteiger partial charge in [-0.2, -0.15) is 4.98 Å². The first-order valence-electron chi connectivity index (χ1n) is 9.28. The van der Waals surface area contributed by atoms with Crippen molar-refractivity contribution < 1.29 is 9.26 Å². The van der Waals surface area contributed by atoms with Crippen LogP contribution >= 0.6 is 0 Å². The molecule has 0 unspecified atom stereocenters. The summed E-state index contributed by atoms with van der Waals surface area (Å²) in [5, 5.41) is 9.63. The van der Waals surface area contributed by atoms with Gasteiger partial charge in [0.15, 0.2) is 5.82 Å². The quantitative estimate of drug-likeness (QED) is 0.512. The fourth-order valence-electron chi connectivity index (χ4n) is 3.16. The van der Waals surface area contributed by atoms with Crippen LogP contribution in [0.4, 0.5) is 5.82 Å². The van der Waals surface area contributed by atoms with Crippen molar-refractivity contribution in [2.24, 2.45) is 0 Å². The molecule has 0 atom stereocenters. The lowest BCUT2D eigenvalue weighted by atomic mass is 10.0. The molecular weight excluding hydrogens is 352 g/mol. The van der Waals surface area contributed by atoms with E-state index in [9.17, 15) is 0 Å². The maximum Gasteiger partial charge on any atom is 0.261 e. The molecule has 0 fully saturated rings. The summed E-state index contributed by atoms with van der Waals surface area (Å²) in [6, 6.07) is 16.2. The van der Waals surface area contributed by atoms with Gasteiger partial charge in [0.2, 0.25) is 0 Å². The molecule has 0 aliphatic heterocycles. The van der Waals surface area contributed by atoms with Crippen LogP contribution in [0.15, 0.2) is 59.3 Å². The lowest BCUT2D eigenvalue weighted by Gasteiger charge is -2.17. The minimum atomic E-state index is 0.0895. The van der Waals surface area contributed by atoms with Gasteiger partial charge in [0.1, 0.15) is 11.6 Å². The number of rotatable bonds is 6. The monoisotopic (exact) mass is 374 g/mol. The van der Waals surface area contributed by atoms with Gasteiger partial charge in [-0.1, -0.05) is 35.5 Å². The van der Waals surface area contributed by atoms with E-state index in [1.54, 1.807) is 13.1 Å². The first kappa shape index (κ1) is 18.0. The Morgan fingerprint density at radius 1 is 1.07 bits per heavy atom. The maximum atomic E-state index is 6.06. The second-order valence-electron chi connectivity index (χ2n) is 6.83. The van der Waals surface area contributed by atoms with E-state index in [1.807, 2.05) is 44.2 Å². The molecule has 0 aliphatic carbocycles. The van der Waals surface area contributed by atoms with Crippen molar-refractivity contribution in [3.63, 3.8) is 0 Å². The molecular formula is C22H22N4O2. The van der Waals surface area contributed by atoms with Gasteiger partial charge in [-0.15, -0.1) is 0 Å². The van der Waals surface area contributed by atoms with Crippen LogP contribution in [0.5, 0.6) is 5.75 Å². The molecule has 2 aromatic carbocycles. The number of anilines is 1. The Bertz CT molecular complexity index is 1100. The molecule has 0 radical (unpaired) electrons. The average molecular weight is 374 g/mol. The van der Waals surface area contributed by atoms with Crippen molar-refractivity contribution in [3.8, 4) is 17.2 Å². The average Bonchev–Trinajstić information content (AvgIpc) is 3.13. The lowest BCUT2D eigenvalue weighted by molar-refractivity contribution is 0.240. The number of nitrogens with zero attached hydrogens (tertiary/aromatic N) is 3. The third-order valence-electron chi connectivity index (χ3n) is 4.36. The first-order valence-corrected chi connectivity index (χ1v) is 9.28. The molecule has 4 aromatic rings. The molecule has 0 amide bonds. The van der Waals surface area contributed by atoms with E-state index >= 15 is 0 Å². The molecule has 2 aromatic heterocycles. The standard InChI is InChI=1S/C22H22N4O2/c1-14(2)27-20-11-10-16-7-4-5-8-17(16)19(20)13-24-21-18(9-6-12-23-21)22-25-15(3)26-28-22/h4-12,14H,13H2,1-3H3,(H,23,24). The maximum absolute atomic E-state index is 6.06. The van der Waals surface area contributed by atoms with Crippen molar-refractivity contribution >= 4 is 16.6 Å². The third-order valence-corrected chi connectivity index (χ3v) is 4.36. The Morgan fingerprint density at radius 3 is 2.71 bits per heavy atom. The Balaban J connectivity index is 1.70. The van der Waals surface area contributed by atoms with Gasteiger partial charge in [-0.05, 0) is 49.7 Å². The lowest BCUT2D eigenvalue weighted by Crippen LogP contribution is -2.10. The van der Waals surface area contributed by atoms with E-state index in [0.717, 1.165) is 22.3 Å². The number of pyridine rings is 1. The van der Waals surface area contributed by atoms with Gasteiger partial charge in [0.05, 0.1) is 11.7 Å². The van der Waals surface area contributed by atoms with Crippen molar-refractivity contribution in [1.29, 1.82) is 0 Å². The summed E-state index contributed by atoms with van der Waals surface area (Å²) in [6.45, 7) is 6.41. The fourth-order valence-corrected chi connectivity index (χ4v) is 3.16. The van der Waals surface area contributed by atoms with Crippen molar-refractivity contribution in [2.45, 2.75) is 33.4 Å². The predicted octanol–water partition coefficient (Wildman–Crippen LogP) is 4.99. The molecule has 2 heterocycles. The summed E-state index contributed by atoms with van der Waals surface area (Å²) in [6.07, 6.45) is 1.83. The van der Waals surface area contributed by atoms with Crippen molar-refractivity contribution in [1.82, 2.24) is 15.1 Å². The molecule has 1 N–H and O–H groups in total. The highest BCUT2D eigenvalue weighted by molar-refractivity contribution is 5.88. The highest BCUT2D eigenvalue weighted by atomic mass is 16.5. The van der Waals surface area contributed by atoms with Crippen LogP contribution in [-0.4, -0.2) is 21.2 Å². The van der Waals surface area contributed by atoms with Gasteiger partial charge >= 0.3 is 0 Å².